The molecule has 4 nitrogen and oxygen atoms in total. The molecule has 0 atom stereocenters. The molecule has 1 rings (SSSR count). The Labute approximate surface area is 94.2 Å². The van der Waals surface area contributed by atoms with E-state index in [1.807, 2.05) is 0 Å². The first-order chi connectivity index (χ1) is 7.29. The van der Waals surface area contributed by atoms with Crippen molar-refractivity contribution in [2.45, 2.75) is 0 Å². The van der Waals surface area contributed by atoms with Gasteiger partial charge < -0.3 is 10.2 Å². The average molecular weight is 278 g/mol. The minimum absolute atomic E-state index is 0. The molecule has 0 fully saturated rings. The van der Waals surface area contributed by atoms with Crippen LogP contribution in [0.2, 0.25) is 0 Å². The first-order valence-electron chi connectivity index (χ1n) is 3.61. The summed E-state index contributed by atoms with van der Waals surface area (Å²) in [4.78, 5) is 20.8. The number of benzene rings is 1. The standard InChI is InChI=1S/C8H2F4O4.2FH/c9-3-1(7(13)14)2(8(15)16)4(10)6(12)5(3)11;;/h(H,13,14)(H,15,16);2*1H. The van der Waals surface area contributed by atoms with Crippen molar-refractivity contribution < 1.29 is 46.8 Å². The predicted octanol–water partition coefficient (Wildman–Crippen LogP) is 1.94. The van der Waals surface area contributed by atoms with Gasteiger partial charge in [0, 0.05) is 0 Å². The first-order valence-corrected chi connectivity index (χ1v) is 3.61. The quantitative estimate of drug-likeness (QED) is 0.492. The normalized spacial score (nSPS) is 9.11. The van der Waals surface area contributed by atoms with E-state index in [2.05, 4.69) is 0 Å². The highest BCUT2D eigenvalue weighted by molar-refractivity contribution is 6.02. The Hall–Kier alpha value is -2.26. The van der Waals surface area contributed by atoms with Crippen LogP contribution >= 0.6 is 0 Å². The van der Waals surface area contributed by atoms with Gasteiger partial charge in [0.2, 0.25) is 0 Å². The molecular weight excluding hydrogens is 274 g/mol. The second-order valence-electron chi connectivity index (χ2n) is 2.62. The van der Waals surface area contributed by atoms with E-state index in [-0.39, 0.29) is 9.41 Å². The van der Waals surface area contributed by atoms with E-state index in [0.29, 0.717) is 0 Å². The molecular formula is C8H4F6O4. The summed E-state index contributed by atoms with van der Waals surface area (Å²) in [5, 5.41) is 16.8. The molecule has 10 heteroatoms. The molecule has 0 radical (unpaired) electrons. The van der Waals surface area contributed by atoms with E-state index < -0.39 is 46.3 Å². The number of hydrogen-bond donors (Lipinski definition) is 2. The van der Waals surface area contributed by atoms with Crippen molar-refractivity contribution in [2.24, 2.45) is 0 Å². The zero-order valence-corrected chi connectivity index (χ0v) is 8.04. The highest BCUT2D eigenvalue weighted by Crippen LogP contribution is 2.24. The molecule has 1 aromatic rings. The highest BCUT2D eigenvalue weighted by atomic mass is 19.2. The van der Waals surface area contributed by atoms with Gasteiger partial charge in [0.15, 0.2) is 23.3 Å². The lowest BCUT2D eigenvalue weighted by Crippen LogP contribution is -2.17. The van der Waals surface area contributed by atoms with E-state index in [1.54, 1.807) is 0 Å². The Balaban J connectivity index is 0. The van der Waals surface area contributed by atoms with Crippen molar-refractivity contribution in [3.63, 3.8) is 0 Å². The van der Waals surface area contributed by atoms with Crippen molar-refractivity contribution >= 4 is 11.9 Å². The van der Waals surface area contributed by atoms with Gasteiger partial charge in [-0.3, -0.25) is 9.41 Å². The second-order valence-corrected chi connectivity index (χ2v) is 2.62. The summed E-state index contributed by atoms with van der Waals surface area (Å²) in [6, 6.07) is 0. The zero-order valence-electron chi connectivity index (χ0n) is 8.04. The van der Waals surface area contributed by atoms with E-state index >= 15 is 0 Å². The van der Waals surface area contributed by atoms with Crippen LogP contribution in [-0.4, -0.2) is 22.2 Å². The largest absolute Gasteiger partial charge is 0.478 e. The fourth-order valence-corrected chi connectivity index (χ4v) is 1.03. The Kier molecular flexibility index (Phi) is 5.93. The summed E-state index contributed by atoms with van der Waals surface area (Å²) in [5.74, 6) is -13.7. The maximum absolute atomic E-state index is 12.9. The summed E-state index contributed by atoms with van der Waals surface area (Å²) in [5.41, 5.74) is -3.52. The number of halogens is 6. The summed E-state index contributed by atoms with van der Waals surface area (Å²) in [6.07, 6.45) is 0. The van der Waals surface area contributed by atoms with Crippen molar-refractivity contribution in [1.29, 1.82) is 0 Å². The molecule has 0 heterocycles. The zero-order chi connectivity index (χ0) is 12.6. The van der Waals surface area contributed by atoms with Crippen LogP contribution in [-0.2, 0) is 0 Å². The molecule has 0 aromatic heterocycles. The van der Waals surface area contributed by atoms with Crippen LogP contribution < -0.4 is 0 Å². The molecule has 0 aliphatic rings. The van der Waals surface area contributed by atoms with Gasteiger partial charge in [0.1, 0.15) is 11.1 Å². The lowest BCUT2D eigenvalue weighted by molar-refractivity contribution is 0.0639. The molecule has 0 saturated carbocycles. The van der Waals surface area contributed by atoms with Gasteiger partial charge in [-0.15, -0.1) is 0 Å². The number of aromatic carboxylic acids is 2. The number of hydrogen-bond acceptors (Lipinski definition) is 2. The summed E-state index contributed by atoms with van der Waals surface area (Å²) in [7, 11) is 0. The van der Waals surface area contributed by atoms with Crippen LogP contribution in [0, 0.1) is 23.3 Å². The fourth-order valence-electron chi connectivity index (χ4n) is 1.03. The molecule has 18 heavy (non-hydrogen) atoms. The predicted molar refractivity (Wildman–Crippen MR) is 45.2 cm³/mol. The number of rotatable bonds is 2. The molecule has 0 amide bonds. The Bertz CT molecular complexity index is 456. The molecule has 0 bridgehead atoms. The van der Waals surface area contributed by atoms with Gasteiger partial charge in [-0.2, -0.15) is 0 Å². The number of carbonyl (C=O) groups is 2. The summed E-state index contributed by atoms with van der Waals surface area (Å²) in [6.45, 7) is 0. The molecule has 0 saturated heterocycles. The van der Waals surface area contributed by atoms with Crippen LogP contribution in [0.1, 0.15) is 20.7 Å². The third-order valence-electron chi connectivity index (χ3n) is 1.69. The fraction of sp³-hybridized carbons (Fsp3) is 0. The molecule has 0 aliphatic heterocycles. The molecule has 0 aliphatic carbocycles. The Morgan fingerprint density at radius 2 is 0.889 bits per heavy atom. The maximum Gasteiger partial charge on any atom is 0.339 e. The second kappa shape index (κ2) is 5.89. The van der Waals surface area contributed by atoms with E-state index in [1.165, 1.54) is 0 Å². The smallest absolute Gasteiger partial charge is 0.339 e. The average Bonchev–Trinajstić information content (AvgIpc) is 2.18. The van der Waals surface area contributed by atoms with E-state index in [4.69, 9.17) is 10.2 Å². The molecule has 1 aromatic carbocycles. The Morgan fingerprint density at radius 1 is 0.667 bits per heavy atom. The van der Waals surface area contributed by atoms with Gasteiger partial charge in [0.25, 0.3) is 0 Å². The minimum atomic E-state index is -2.38. The SMILES string of the molecule is F.F.O=C(O)c1c(F)c(F)c(F)c(F)c1C(=O)O. The molecule has 2 N–H and O–H groups in total. The van der Waals surface area contributed by atoms with Crippen molar-refractivity contribution in [1.82, 2.24) is 0 Å². The summed E-state index contributed by atoms with van der Waals surface area (Å²) >= 11 is 0. The summed E-state index contributed by atoms with van der Waals surface area (Å²) < 4.78 is 51.0. The molecule has 0 spiro atoms. The van der Waals surface area contributed by atoms with Crippen LogP contribution in [0.4, 0.5) is 27.0 Å². The van der Waals surface area contributed by atoms with E-state index in [0.717, 1.165) is 0 Å². The van der Waals surface area contributed by atoms with Gasteiger partial charge in [-0.05, 0) is 0 Å². The van der Waals surface area contributed by atoms with Crippen molar-refractivity contribution in [3.05, 3.63) is 34.4 Å². The van der Waals surface area contributed by atoms with Crippen LogP contribution in [0.5, 0.6) is 0 Å². The third kappa shape index (κ3) is 2.52. The highest BCUT2D eigenvalue weighted by Gasteiger charge is 2.32. The van der Waals surface area contributed by atoms with Crippen molar-refractivity contribution in [2.75, 3.05) is 0 Å². The lowest BCUT2D eigenvalue weighted by Gasteiger charge is -2.06. The number of carboxylic acids is 2. The lowest BCUT2D eigenvalue weighted by atomic mass is 10.1. The van der Waals surface area contributed by atoms with Crippen LogP contribution in [0.25, 0.3) is 0 Å². The minimum Gasteiger partial charge on any atom is -0.478 e. The van der Waals surface area contributed by atoms with Gasteiger partial charge in [0.05, 0.1) is 0 Å². The van der Waals surface area contributed by atoms with E-state index in [9.17, 15) is 27.2 Å². The Morgan fingerprint density at radius 3 is 1.06 bits per heavy atom. The molecule has 0 unspecified atom stereocenters. The van der Waals surface area contributed by atoms with Crippen LogP contribution in [0.3, 0.4) is 0 Å². The van der Waals surface area contributed by atoms with Gasteiger partial charge in [-0.1, -0.05) is 0 Å². The maximum atomic E-state index is 12.9. The monoisotopic (exact) mass is 278 g/mol. The van der Waals surface area contributed by atoms with Gasteiger partial charge >= 0.3 is 11.9 Å². The number of carboxylic acid groups (broad SMARTS) is 2. The van der Waals surface area contributed by atoms with Crippen molar-refractivity contribution in [3.8, 4) is 0 Å². The first kappa shape index (κ1) is 18.1. The topological polar surface area (TPSA) is 74.6 Å². The van der Waals surface area contributed by atoms with Crippen LogP contribution in [0.15, 0.2) is 0 Å². The molecule has 102 valence electrons. The third-order valence-corrected chi connectivity index (χ3v) is 1.69. The van der Waals surface area contributed by atoms with Gasteiger partial charge in [-0.25, -0.2) is 27.2 Å².